The summed E-state index contributed by atoms with van der Waals surface area (Å²) in [6, 6.07) is 17.2. The van der Waals surface area contributed by atoms with Crippen molar-refractivity contribution in [2.45, 2.75) is 0 Å². The number of carbonyl (C=O) groups is 1. The van der Waals surface area contributed by atoms with E-state index in [2.05, 4.69) is 10.4 Å². The number of rotatable bonds is 6. The summed E-state index contributed by atoms with van der Waals surface area (Å²) in [4.78, 5) is 13.1. The molecule has 1 amide bonds. The Bertz CT molecular complexity index is 1250. The van der Waals surface area contributed by atoms with Crippen molar-refractivity contribution >= 4 is 11.6 Å². The first-order chi connectivity index (χ1) is 15.5. The van der Waals surface area contributed by atoms with Crippen LogP contribution in [0.4, 0.5) is 14.5 Å². The van der Waals surface area contributed by atoms with Crippen molar-refractivity contribution in [3.05, 3.63) is 90.1 Å². The van der Waals surface area contributed by atoms with E-state index in [1.807, 2.05) is 30.3 Å². The SMILES string of the molecule is COc1ccc(OC)c(-c2nn(-c3ccccc3)cc2C(=O)Nc2cc(F)cc(F)c2)c1. The molecule has 8 heteroatoms. The number of hydrogen-bond donors (Lipinski definition) is 1. The highest BCUT2D eigenvalue weighted by Gasteiger charge is 2.22. The minimum atomic E-state index is -0.796. The molecular weight excluding hydrogens is 416 g/mol. The number of nitrogens with one attached hydrogen (secondary N) is 1. The highest BCUT2D eigenvalue weighted by Crippen LogP contribution is 2.35. The first-order valence-corrected chi connectivity index (χ1v) is 9.63. The number of methoxy groups -OCH3 is 2. The third kappa shape index (κ3) is 4.29. The van der Waals surface area contributed by atoms with E-state index in [0.717, 1.165) is 23.9 Å². The van der Waals surface area contributed by atoms with E-state index >= 15 is 0 Å². The van der Waals surface area contributed by atoms with Gasteiger partial charge >= 0.3 is 0 Å². The Morgan fingerprint density at radius 1 is 0.938 bits per heavy atom. The van der Waals surface area contributed by atoms with Crippen molar-refractivity contribution in [3.63, 3.8) is 0 Å². The van der Waals surface area contributed by atoms with E-state index in [4.69, 9.17) is 9.47 Å². The molecule has 0 spiro atoms. The van der Waals surface area contributed by atoms with Gasteiger partial charge in [-0.25, -0.2) is 13.5 Å². The lowest BCUT2D eigenvalue weighted by atomic mass is 10.1. The predicted octanol–water partition coefficient (Wildman–Crippen LogP) is 5.09. The van der Waals surface area contributed by atoms with Crippen molar-refractivity contribution in [1.82, 2.24) is 9.78 Å². The summed E-state index contributed by atoms with van der Waals surface area (Å²) in [5.74, 6) is -1.15. The van der Waals surface area contributed by atoms with Gasteiger partial charge in [0.1, 0.15) is 28.8 Å². The number of anilines is 1. The molecule has 32 heavy (non-hydrogen) atoms. The van der Waals surface area contributed by atoms with Crippen LogP contribution in [0, 0.1) is 11.6 Å². The number of para-hydroxylation sites is 1. The minimum Gasteiger partial charge on any atom is -0.497 e. The van der Waals surface area contributed by atoms with E-state index in [0.29, 0.717) is 22.8 Å². The van der Waals surface area contributed by atoms with Crippen molar-refractivity contribution in [2.24, 2.45) is 0 Å². The van der Waals surface area contributed by atoms with Gasteiger partial charge in [-0.05, 0) is 42.5 Å². The molecule has 3 aromatic carbocycles. The Morgan fingerprint density at radius 3 is 2.31 bits per heavy atom. The van der Waals surface area contributed by atoms with Gasteiger partial charge in [0.25, 0.3) is 5.91 Å². The zero-order valence-corrected chi connectivity index (χ0v) is 17.3. The summed E-state index contributed by atoms with van der Waals surface area (Å²) in [6.07, 6.45) is 1.55. The predicted molar refractivity (Wildman–Crippen MR) is 116 cm³/mol. The molecule has 162 valence electrons. The van der Waals surface area contributed by atoms with E-state index < -0.39 is 17.5 Å². The zero-order valence-electron chi connectivity index (χ0n) is 17.3. The van der Waals surface area contributed by atoms with E-state index in [1.54, 1.807) is 29.1 Å². The first kappa shape index (κ1) is 21.0. The largest absolute Gasteiger partial charge is 0.497 e. The Kier molecular flexibility index (Phi) is 5.85. The van der Waals surface area contributed by atoms with Gasteiger partial charge in [-0.15, -0.1) is 0 Å². The molecule has 0 aliphatic carbocycles. The van der Waals surface area contributed by atoms with Crippen LogP contribution in [-0.2, 0) is 0 Å². The van der Waals surface area contributed by atoms with Crippen molar-refractivity contribution in [3.8, 4) is 28.4 Å². The molecule has 4 rings (SSSR count). The van der Waals surface area contributed by atoms with Gasteiger partial charge in [-0.1, -0.05) is 18.2 Å². The van der Waals surface area contributed by atoms with Gasteiger partial charge in [-0.3, -0.25) is 4.79 Å². The molecule has 0 aliphatic heterocycles. The molecule has 1 heterocycles. The minimum absolute atomic E-state index is 0.0106. The highest BCUT2D eigenvalue weighted by atomic mass is 19.1. The molecule has 0 radical (unpaired) electrons. The fraction of sp³-hybridized carbons (Fsp3) is 0.0833. The molecule has 1 aromatic heterocycles. The number of aromatic nitrogens is 2. The van der Waals surface area contributed by atoms with Crippen LogP contribution >= 0.6 is 0 Å². The number of ether oxygens (including phenoxy) is 2. The van der Waals surface area contributed by atoms with E-state index in [-0.39, 0.29) is 11.3 Å². The van der Waals surface area contributed by atoms with Crippen molar-refractivity contribution in [1.29, 1.82) is 0 Å². The number of benzene rings is 3. The van der Waals surface area contributed by atoms with Crippen LogP contribution in [0.1, 0.15) is 10.4 Å². The molecule has 1 N–H and O–H groups in total. The molecule has 0 atom stereocenters. The molecular formula is C24H19F2N3O3. The fourth-order valence-corrected chi connectivity index (χ4v) is 3.28. The van der Waals surface area contributed by atoms with Gasteiger partial charge < -0.3 is 14.8 Å². The summed E-state index contributed by atoms with van der Waals surface area (Å²) in [5, 5.41) is 7.14. The summed E-state index contributed by atoms with van der Waals surface area (Å²) in [5.41, 5.74) is 1.75. The molecule has 0 aliphatic rings. The lowest BCUT2D eigenvalue weighted by molar-refractivity contribution is 0.102. The number of hydrogen-bond acceptors (Lipinski definition) is 4. The van der Waals surface area contributed by atoms with Gasteiger partial charge in [-0.2, -0.15) is 5.10 Å². The number of halogens is 2. The van der Waals surface area contributed by atoms with Crippen LogP contribution in [0.5, 0.6) is 11.5 Å². The van der Waals surface area contributed by atoms with Gasteiger partial charge in [0.2, 0.25) is 0 Å². The topological polar surface area (TPSA) is 65.4 Å². The number of amides is 1. The maximum absolute atomic E-state index is 13.6. The van der Waals surface area contributed by atoms with E-state index in [9.17, 15) is 13.6 Å². The van der Waals surface area contributed by atoms with Crippen molar-refractivity contribution in [2.75, 3.05) is 19.5 Å². The standard InChI is InChI=1S/C24H19F2N3O3/c1-31-19-8-9-22(32-2)20(13-19)23-21(14-29(28-23)18-6-4-3-5-7-18)24(30)27-17-11-15(25)10-16(26)12-17/h3-14H,1-2H3,(H,27,30). The quantitative estimate of drug-likeness (QED) is 0.458. The molecule has 0 saturated carbocycles. The summed E-state index contributed by atoms with van der Waals surface area (Å²) in [6.45, 7) is 0. The van der Waals surface area contributed by atoms with Crippen LogP contribution in [0.15, 0.2) is 72.9 Å². The third-order valence-electron chi connectivity index (χ3n) is 4.76. The molecule has 6 nitrogen and oxygen atoms in total. The molecule has 0 fully saturated rings. The lowest BCUT2D eigenvalue weighted by Crippen LogP contribution is -2.13. The van der Waals surface area contributed by atoms with Crippen LogP contribution in [-0.4, -0.2) is 29.9 Å². The highest BCUT2D eigenvalue weighted by molar-refractivity contribution is 6.08. The van der Waals surface area contributed by atoms with Crippen LogP contribution in [0.2, 0.25) is 0 Å². The normalized spacial score (nSPS) is 10.6. The Balaban J connectivity index is 1.84. The Morgan fingerprint density at radius 2 is 1.66 bits per heavy atom. The van der Waals surface area contributed by atoms with Crippen LogP contribution in [0.25, 0.3) is 16.9 Å². The second-order valence-corrected chi connectivity index (χ2v) is 6.85. The fourth-order valence-electron chi connectivity index (χ4n) is 3.28. The van der Waals surface area contributed by atoms with E-state index in [1.165, 1.54) is 14.2 Å². The average molecular weight is 435 g/mol. The summed E-state index contributed by atoms with van der Waals surface area (Å²) < 4.78 is 39.5. The average Bonchev–Trinajstić information content (AvgIpc) is 3.24. The second-order valence-electron chi connectivity index (χ2n) is 6.85. The van der Waals surface area contributed by atoms with Crippen LogP contribution < -0.4 is 14.8 Å². The smallest absolute Gasteiger partial charge is 0.259 e. The Hall–Kier alpha value is -4.20. The van der Waals surface area contributed by atoms with Crippen molar-refractivity contribution < 1.29 is 23.0 Å². The Labute approximate surface area is 183 Å². The maximum Gasteiger partial charge on any atom is 0.259 e. The molecule has 0 saturated heterocycles. The zero-order chi connectivity index (χ0) is 22.7. The number of nitrogens with zero attached hydrogens (tertiary/aromatic N) is 2. The second kappa shape index (κ2) is 8.89. The lowest BCUT2D eigenvalue weighted by Gasteiger charge is -2.10. The van der Waals surface area contributed by atoms with Gasteiger partial charge in [0.15, 0.2) is 0 Å². The molecule has 0 unspecified atom stereocenters. The first-order valence-electron chi connectivity index (χ1n) is 9.63. The van der Waals surface area contributed by atoms with Crippen LogP contribution in [0.3, 0.4) is 0 Å². The third-order valence-corrected chi connectivity index (χ3v) is 4.76. The molecule has 4 aromatic rings. The summed E-state index contributed by atoms with van der Waals surface area (Å²) >= 11 is 0. The van der Waals surface area contributed by atoms with Gasteiger partial charge in [0, 0.05) is 23.5 Å². The van der Waals surface area contributed by atoms with Gasteiger partial charge in [0.05, 0.1) is 25.5 Å². The summed E-state index contributed by atoms with van der Waals surface area (Å²) in [7, 11) is 3.04. The number of carbonyl (C=O) groups excluding carboxylic acids is 1. The maximum atomic E-state index is 13.6. The monoisotopic (exact) mass is 435 g/mol. The molecule has 0 bridgehead atoms.